The van der Waals surface area contributed by atoms with Gasteiger partial charge >= 0.3 is 5.97 Å². The quantitative estimate of drug-likeness (QED) is 0.844. The Balaban J connectivity index is 2.27. The number of aliphatic carboxylic acids is 1. The molecule has 2 rings (SSSR count). The Hall–Kier alpha value is -2.36. The summed E-state index contributed by atoms with van der Waals surface area (Å²) < 4.78 is 13.4. The second-order valence-electron chi connectivity index (χ2n) is 5.18. The second kappa shape index (κ2) is 7.59. The van der Waals surface area contributed by atoms with Crippen LogP contribution in [0.15, 0.2) is 48.5 Å². The lowest BCUT2D eigenvalue weighted by Gasteiger charge is -2.26. The Morgan fingerprint density at radius 1 is 1.18 bits per heavy atom. The van der Waals surface area contributed by atoms with Gasteiger partial charge in [-0.2, -0.15) is 0 Å². The number of rotatable bonds is 7. The molecule has 0 saturated heterocycles. The molecule has 22 heavy (non-hydrogen) atoms. The molecule has 0 fully saturated rings. The molecule has 2 aromatic rings. The average molecular weight is 301 g/mol. The molecule has 0 aliphatic carbocycles. The molecule has 0 aromatic heterocycles. The molecular formula is C18H20FNO2. The summed E-state index contributed by atoms with van der Waals surface area (Å²) in [6.45, 7) is 2.95. The van der Waals surface area contributed by atoms with Gasteiger partial charge in [0.25, 0.3) is 0 Å². The number of carboxylic acid groups (broad SMARTS) is 1. The summed E-state index contributed by atoms with van der Waals surface area (Å²) in [5.74, 6) is -1.11. The Labute approximate surface area is 130 Å². The van der Waals surface area contributed by atoms with Crippen LogP contribution in [0.5, 0.6) is 0 Å². The van der Waals surface area contributed by atoms with E-state index in [2.05, 4.69) is 6.92 Å². The molecule has 0 aliphatic heterocycles. The summed E-state index contributed by atoms with van der Waals surface area (Å²) >= 11 is 0. The van der Waals surface area contributed by atoms with Gasteiger partial charge in [0.2, 0.25) is 0 Å². The van der Waals surface area contributed by atoms with Crippen molar-refractivity contribution in [3.8, 4) is 0 Å². The number of para-hydroxylation sites is 1. The first-order valence-corrected chi connectivity index (χ1v) is 7.39. The third-order valence-corrected chi connectivity index (χ3v) is 3.57. The van der Waals surface area contributed by atoms with Gasteiger partial charge in [-0.15, -0.1) is 0 Å². The molecule has 0 bridgehead atoms. The van der Waals surface area contributed by atoms with Crippen molar-refractivity contribution >= 4 is 11.7 Å². The Morgan fingerprint density at radius 2 is 1.95 bits per heavy atom. The normalized spacial score (nSPS) is 10.5. The number of hydrogen-bond donors (Lipinski definition) is 1. The zero-order valence-corrected chi connectivity index (χ0v) is 12.6. The fraction of sp³-hybridized carbons (Fsp3) is 0.278. The van der Waals surface area contributed by atoms with Crippen molar-refractivity contribution in [3.05, 3.63) is 65.5 Å². The Kier molecular flexibility index (Phi) is 5.53. The van der Waals surface area contributed by atoms with Crippen LogP contribution in [0, 0.1) is 5.82 Å². The van der Waals surface area contributed by atoms with Crippen molar-refractivity contribution in [2.75, 3.05) is 11.4 Å². The summed E-state index contributed by atoms with van der Waals surface area (Å²) in [5, 5.41) is 8.96. The first-order chi connectivity index (χ1) is 10.6. The van der Waals surface area contributed by atoms with Crippen molar-refractivity contribution in [2.45, 2.75) is 26.3 Å². The Bertz CT molecular complexity index is 642. The highest BCUT2D eigenvalue weighted by molar-refractivity contribution is 5.68. The minimum Gasteiger partial charge on any atom is -0.481 e. The monoisotopic (exact) mass is 301 g/mol. The van der Waals surface area contributed by atoms with Gasteiger partial charge in [-0.25, -0.2) is 4.39 Å². The van der Waals surface area contributed by atoms with E-state index >= 15 is 0 Å². The number of carboxylic acids is 1. The molecule has 2 aromatic carbocycles. The van der Waals surface area contributed by atoms with Gasteiger partial charge in [0.15, 0.2) is 0 Å². The van der Waals surface area contributed by atoms with Crippen LogP contribution in [0.4, 0.5) is 10.1 Å². The summed E-state index contributed by atoms with van der Waals surface area (Å²) in [6, 6.07) is 14.4. The molecule has 4 heteroatoms. The molecule has 0 spiro atoms. The van der Waals surface area contributed by atoms with Crippen LogP contribution in [0.1, 0.15) is 24.5 Å². The lowest BCUT2D eigenvalue weighted by molar-refractivity contribution is -0.136. The highest BCUT2D eigenvalue weighted by Gasteiger charge is 2.12. The minimum atomic E-state index is -0.835. The van der Waals surface area contributed by atoms with E-state index in [4.69, 9.17) is 5.11 Å². The summed E-state index contributed by atoms with van der Waals surface area (Å²) in [5.41, 5.74) is 3.00. The van der Waals surface area contributed by atoms with Gasteiger partial charge in [-0.1, -0.05) is 37.3 Å². The molecule has 1 N–H and O–H groups in total. The van der Waals surface area contributed by atoms with Gasteiger partial charge in [-0.05, 0) is 35.7 Å². The topological polar surface area (TPSA) is 40.5 Å². The number of benzene rings is 2. The summed E-state index contributed by atoms with van der Waals surface area (Å²) in [6.07, 6.45) is 0.913. The number of aryl methyl sites for hydroxylation is 1. The zero-order chi connectivity index (χ0) is 15.9. The van der Waals surface area contributed by atoms with Gasteiger partial charge in [0.05, 0.1) is 6.42 Å². The van der Waals surface area contributed by atoms with Crippen LogP contribution in [-0.4, -0.2) is 17.6 Å². The van der Waals surface area contributed by atoms with Crippen molar-refractivity contribution in [1.82, 2.24) is 0 Å². The lowest BCUT2D eigenvalue weighted by Crippen LogP contribution is -2.26. The highest BCUT2D eigenvalue weighted by Crippen LogP contribution is 2.23. The fourth-order valence-corrected chi connectivity index (χ4v) is 2.49. The van der Waals surface area contributed by atoms with Gasteiger partial charge in [0.1, 0.15) is 5.82 Å². The average Bonchev–Trinajstić information content (AvgIpc) is 2.51. The molecule has 0 amide bonds. The number of halogens is 1. The second-order valence-corrected chi connectivity index (χ2v) is 5.18. The van der Waals surface area contributed by atoms with Gasteiger partial charge < -0.3 is 10.0 Å². The molecule has 0 radical (unpaired) electrons. The first kappa shape index (κ1) is 16.0. The molecule has 0 heterocycles. The van der Waals surface area contributed by atoms with Crippen LogP contribution in [-0.2, 0) is 17.8 Å². The van der Waals surface area contributed by atoms with Crippen LogP contribution >= 0.6 is 0 Å². The van der Waals surface area contributed by atoms with E-state index in [-0.39, 0.29) is 12.2 Å². The first-order valence-electron chi connectivity index (χ1n) is 7.39. The van der Waals surface area contributed by atoms with Crippen molar-refractivity contribution in [2.24, 2.45) is 0 Å². The standard InChI is InChI=1S/C18H20FNO2/c1-2-15-7-3-4-9-17(15)20(11-10-18(21)22)13-14-6-5-8-16(19)12-14/h3-9,12H,2,10-11,13H2,1H3,(H,21,22). The van der Waals surface area contributed by atoms with E-state index in [0.717, 1.165) is 23.2 Å². The number of anilines is 1. The lowest BCUT2D eigenvalue weighted by atomic mass is 10.1. The largest absolute Gasteiger partial charge is 0.481 e. The van der Waals surface area contributed by atoms with Crippen LogP contribution < -0.4 is 4.90 Å². The van der Waals surface area contributed by atoms with Crippen LogP contribution in [0.3, 0.4) is 0 Å². The van der Waals surface area contributed by atoms with Crippen molar-refractivity contribution < 1.29 is 14.3 Å². The SMILES string of the molecule is CCc1ccccc1N(CCC(=O)O)Cc1cccc(F)c1. The maximum Gasteiger partial charge on any atom is 0.305 e. The van der Waals surface area contributed by atoms with Crippen molar-refractivity contribution in [1.29, 1.82) is 0 Å². The third kappa shape index (κ3) is 4.32. The van der Waals surface area contributed by atoms with E-state index in [0.29, 0.717) is 13.1 Å². The molecule has 0 atom stereocenters. The molecule has 3 nitrogen and oxygen atoms in total. The summed E-state index contributed by atoms with van der Waals surface area (Å²) in [7, 11) is 0. The molecular weight excluding hydrogens is 281 g/mol. The number of hydrogen-bond acceptors (Lipinski definition) is 2. The number of nitrogens with zero attached hydrogens (tertiary/aromatic N) is 1. The predicted molar refractivity (Wildman–Crippen MR) is 85.5 cm³/mol. The van der Waals surface area contributed by atoms with Gasteiger partial charge in [-0.3, -0.25) is 4.79 Å². The van der Waals surface area contributed by atoms with E-state index in [1.807, 2.05) is 35.2 Å². The van der Waals surface area contributed by atoms with Gasteiger partial charge in [0, 0.05) is 18.8 Å². The van der Waals surface area contributed by atoms with Crippen LogP contribution in [0.2, 0.25) is 0 Å². The maximum atomic E-state index is 13.4. The molecule has 0 saturated carbocycles. The number of carbonyl (C=O) groups is 1. The Morgan fingerprint density at radius 3 is 2.64 bits per heavy atom. The summed E-state index contributed by atoms with van der Waals surface area (Å²) in [4.78, 5) is 12.9. The third-order valence-electron chi connectivity index (χ3n) is 3.57. The predicted octanol–water partition coefficient (Wildman–Crippen LogP) is 3.87. The van der Waals surface area contributed by atoms with E-state index in [9.17, 15) is 9.18 Å². The smallest absolute Gasteiger partial charge is 0.305 e. The molecule has 0 aliphatic rings. The van der Waals surface area contributed by atoms with E-state index in [1.54, 1.807) is 6.07 Å². The molecule has 0 unspecified atom stereocenters. The highest BCUT2D eigenvalue weighted by atomic mass is 19.1. The maximum absolute atomic E-state index is 13.4. The van der Waals surface area contributed by atoms with E-state index in [1.165, 1.54) is 12.1 Å². The molecule has 116 valence electrons. The zero-order valence-electron chi connectivity index (χ0n) is 12.6. The minimum absolute atomic E-state index is 0.0490. The van der Waals surface area contributed by atoms with E-state index < -0.39 is 5.97 Å². The van der Waals surface area contributed by atoms with Crippen molar-refractivity contribution in [3.63, 3.8) is 0 Å². The van der Waals surface area contributed by atoms with Crippen LogP contribution in [0.25, 0.3) is 0 Å². The fourth-order valence-electron chi connectivity index (χ4n) is 2.49.